The van der Waals surface area contributed by atoms with Gasteiger partial charge in [-0.25, -0.2) is 9.38 Å². The Kier molecular flexibility index (Phi) is 8.50. The minimum atomic E-state index is -0.321. The second-order valence-corrected chi connectivity index (χ2v) is 8.15. The Morgan fingerprint density at radius 2 is 2.16 bits per heavy atom. The first-order chi connectivity index (χ1) is 14.6. The zero-order valence-corrected chi connectivity index (χ0v) is 20.6. The minimum absolute atomic E-state index is 0. The van der Waals surface area contributed by atoms with E-state index < -0.39 is 0 Å². The van der Waals surface area contributed by atoms with Gasteiger partial charge >= 0.3 is 0 Å². The van der Waals surface area contributed by atoms with Crippen molar-refractivity contribution in [1.82, 2.24) is 25.4 Å². The van der Waals surface area contributed by atoms with Crippen molar-refractivity contribution in [3.8, 4) is 5.75 Å². The van der Waals surface area contributed by atoms with Crippen LogP contribution in [0.1, 0.15) is 62.8 Å². The van der Waals surface area contributed by atoms with E-state index in [1.807, 2.05) is 19.9 Å². The van der Waals surface area contributed by atoms with Crippen molar-refractivity contribution < 1.29 is 9.13 Å². The largest absolute Gasteiger partial charge is 0.490 e. The predicted molar refractivity (Wildman–Crippen MR) is 129 cm³/mol. The molecular weight excluding hydrogens is 510 g/mol. The highest BCUT2D eigenvalue weighted by Crippen LogP contribution is 2.30. The second-order valence-electron chi connectivity index (χ2n) is 8.15. The van der Waals surface area contributed by atoms with E-state index in [0.717, 1.165) is 43.1 Å². The Labute approximate surface area is 200 Å². The molecule has 0 amide bonds. The third-order valence-corrected chi connectivity index (χ3v) is 5.64. The SMILES string of the molecule is CCNC(=NCc1nnc2n1CCCC2)NC(C)c1ccc(OCC2CC2)c(F)c1.I. The van der Waals surface area contributed by atoms with Crippen LogP contribution in [0, 0.1) is 11.7 Å². The number of rotatable bonds is 8. The Morgan fingerprint density at radius 3 is 2.90 bits per heavy atom. The summed E-state index contributed by atoms with van der Waals surface area (Å²) in [6.07, 6.45) is 5.68. The molecule has 2 aliphatic rings. The van der Waals surface area contributed by atoms with Crippen LogP contribution in [-0.2, 0) is 19.5 Å². The number of hydrogen-bond acceptors (Lipinski definition) is 4. The summed E-state index contributed by atoms with van der Waals surface area (Å²) < 4.78 is 22.2. The molecule has 0 saturated heterocycles. The van der Waals surface area contributed by atoms with Crippen LogP contribution in [0.4, 0.5) is 4.39 Å². The molecule has 1 aromatic carbocycles. The first-order valence-corrected chi connectivity index (χ1v) is 11.0. The number of nitrogens with one attached hydrogen (secondary N) is 2. The van der Waals surface area contributed by atoms with Crippen molar-refractivity contribution in [1.29, 1.82) is 0 Å². The van der Waals surface area contributed by atoms with Crippen molar-refractivity contribution in [2.45, 2.75) is 65.1 Å². The Balaban J connectivity index is 0.00000272. The summed E-state index contributed by atoms with van der Waals surface area (Å²) in [5, 5.41) is 15.2. The first-order valence-electron chi connectivity index (χ1n) is 11.0. The van der Waals surface area contributed by atoms with Crippen LogP contribution in [0.3, 0.4) is 0 Å². The molecule has 1 unspecified atom stereocenters. The van der Waals surface area contributed by atoms with E-state index in [4.69, 9.17) is 4.74 Å². The molecule has 9 heteroatoms. The Bertz CT molecular complexity index is 898. The number of guanidine groups is 1. The smallest absolute Gasteiger partial charge is 0.192 e. The lowest BCUT2D eigenvalue weighted by Gasteiger charge is -2.19. The number of aliphatic imine (C=N–C) groups is 1. The van der Waals surface area contributed by atoms with Gasteiger partial charge in [-0.05, 0) is 63.1 Å². The summed E-state index contributed by atoms with van der Waals surface area (Å²) in [6, 6.07) is 5.06. The standard InChI is InChI=1S/C22H31FN6O.HI/c1-3-24-22(25-13-21-28-27-20-6-4-5-11-29(20)21)26-15(2)17-9-10-19(18(23)12-17)30-14-16-7-8-16;/h9-10,12,15-16H,3-8,11,13-14H2,1-2H3,(H2,24,25,26);1H. The number of aryl methyl sites for hydroxylation is 1. The second kappa shape index (κ2) is 11.1. The van der Waals surface area contributed by atoms with Crippen LogP contribution in [0.25, 0.3) is 0 Å². The van der Waals surface area contributed by atoms with E-state index in [-0.39, 0.29) is 35.8 Å². The third kappa shape index (κ3) is 6.30. The summed E-state index contributed by atoms with van der Waals surface area (Å²) in [5.41, 5.74) is 0.844. The van der Waals surface area contributed by atoms with Crippen molar-refractivity contribution in [3.05, 3.63) is 41.2 Å². The van der Waals surface area contributed by atoms with Gasteiger partial charge in [0.05, 0.1) is 12.6 Å². The van der Waals surface area contributed by atoms with E-state index in [0.29, 0.717) is 30.8 Å². The van der Waals surface area contributed by atoms with Gasteiger partial charge in [-0.1, -0.05) is 6.07 Å². The van der Waals surface area contributed by atoms with Crippen LogP contribution in [0.5, 0.6) is 5.75 Å². The number of benzene rings is 1. The minimum Gasteiger partial charge on any atom is -0.490 e. The number of fused-ring (bicyclic) bond motifs is 1. The monoisotopic (exact) mass is 542 g/mol. The van der Waals surface area contributed by atoms with Gasteiger partial charge < -0.3 is 19.9 Å². The van der Waals surface area contributed by atoms with E-state index >= 15 is 0 Å². The zero-order chi connectivity index (χ0) is 20.9. The lowest BCUT2D eigenvalue weighted by molar-refractivity contribution is 0.285. The van der Waals surface area contributed by atoms with Gasteiger partial charge in [-0.3, -0.25) is 0 Å². The van der Waals surface area contributed by atoms with Gasteiger partial charge in [0.15, 0.2) is 23.4 Å². The highest BCUT2D eigenvalue weighted by atomic mass is 127. The van der Waals surface area contributed by atoms with Crippen LogP contribution < -0.4 is 15.4 Å². The summed E-state index contributed by atoms with van der Waals surface area (Å²) in [5.74, 6) is 3.22. The fourth-order valence-electron chi connectivity index (χ4n) is 3.64. The van der Waals surface area contributed by atoms with Gasteiger partial charge in [0.25, 0.3) is 0 Å². The molecule has 170 valence electrons. The van der Waals surface area contributed by atoms with Crippen LogP contribution in [0.15, 0.2) is 23.2 Å². The lowest BCUT2D eigenvalue weighted by Crippen LogP contribution is -2.38. The third-order valence-electron chi connectivity index (χ3n) is 5.64. The molecule has 1 aliphatic carbocycles. The van der Waals surface area contributed by atoms with Crippen LogP contribution >= 0.6 is 24.0 Å². The first kappa shape index (κ1) is 23.7. The fourth-order valence-corrected chi connectivity index (χ4v) is 3.64. The number of aromatic nitrogens is 3. The Hall–Kier alpha value is -1.91. The fraction of sp³-hybridized carbons (Fsp3) is 0.591. The number of ether oxygens (including phenoxy) is 1. The van der Waals surface area contributed by atoms with Gasteiger partial charge in [-0.15, -0.1) is 34.2 Å². The topological polar surface area (TPSA) is 76.4 Å². The lowest BCUT2D eigenvalue weighted by atomic mass is 10.1. The van der Waals surface area contributed by atoms with E-state index in [1.165, 1.54) is 19.3 Å². The predicted octanol–water partition coefficient (Wildman–Crippen LogP) is 3.98. The molecule has 31 heavy (non-hydrogen) atoms. The number of halogens is 2. The summed E-state index contributed by atoms with van der Waals surface area (Å²) >= 11 is 0. The molecule has 2 heterocycles. The Morgan fingerprint density at radius 1 is 1.32 bits per heavy atom. The molecule has 0 bridgehead atoms. The highest BCUT2D eigenvalue weighted by Gasteiger charge is 2.22. The van der Waals surface area contributed by atoms with E-state index in [1.54, 1.807) is 12.1 Å². The number of hydrogen-bond donors (Lipinski definition) is 2. The van der Waals surface area contributed by atoms with E-state index in [9.17, 15) is 4.39 Å². The van der Waals surface area contributed by atoms with Gasteiger partial charge in [0.1, 0.15) is 12.4 Å². The quantitative estimate of drug-likeness (QED) is 0.300. The maximum absolute atomic E-state index is 14.4. The summed E-state index contributed by atoms with van der Waals surface area (Å²) in [4.78, 5) is 4.68. The molecular formula is C22H32FIN6O. The van der Waals surface area contributed by atoms with Crippen molar-refractivity contribution in [2.75, 3.05) is 13.2 Å². The van der Waals surface area contributed by atoms with E-state index in [2.05, 4.69) is 30.4 Å². The molecule has 1 atom stereocenters. The maximum atomic E-state index is 14.4. The van der Waals surface area contributed by atoms with Crippen LogP contribution in [-0.4, -0.2) is 33.9 Å². The summed E-state index contributed by atoms with van der Waals surface area (Å²) in [6.45, 7) is 6.77. The van der Waals surface area contributed by atoms with Gasteiger partial charge in [0.2, 0.25) is 0 Å². The molecule has 0 radical (unpaired) electrons. The summed E-state index contributed by atoms with van der Waals surface area (Å²) in [7, 11) is 0. The van der Waals surface area contributed by atoms with Gasteiger partial charge in [0, 0.05) is 19.5 Å². The van der Waals surface area contributed by atoms with Crippen molar-refractivity contribution in [2.24, 2.45) is 10.9 Å². The molecule has 4 rings (SSSR count). The average Bonchev–Trinajstić information content (AvgIpc) is 3.49. The molecule has 1 fully saturated rings. The normalized spacial score (nSPS) is 16.8. The molecule has 7 nitrogen and oxygen atoms in total. The average molecular weight is 542 g/mol. The highest BCUT2D eigenvalue weighted by molar-refractivity contribution is 14.0. The molecule has 2 aromatic rings. The molecule has 1 saturated carbocycles. The zero-order valence-electron chi connectivity index (χ0n) is 18.2. The van der Waals surface area contributed by atoms with Crippen molar-refractivity contribution in [3.63, 3.8) is 0 Å². The molecule has 1 aliphatic heterocycles. The molecule has 2 N–H and O–H groups in total. The maximum Gasteiger partial charge on any atom is 0.192 e. The van der Waals surface area contributed by atoms with Crippen LogP contribution in [0.2, 0.25) is 0 Å². The van der Waals surface area contributed by atoms with Gasteiger partial charge in [-0.2, -0.15) is 0 Å². The van der Waals surface area contributed by atoms with Crippen molar-refractivity contribution >= 4 is 29.9 Å². The molecule has 0 spiro atoms. The molecule has 1 aromatic heterocycles. The number of nitrogens with zero attached hydrogens (tertiary/aromatic N) is 4.